The Balaban J connectivity index is 1.86. The van der Waals surface area contributed by atoms with Gasteiger partial charge in [-0.25, -0.2) is 4.79 Å². The van der Waals surface area contributed by atoms with Gasteiger partial charge in [-0.15, -0.1) is 0 Å². The molecule has 0 saturated carbocycles. The van der Waals surface area contributed by atoms with Gasteiger partial charge < -0.3 is 10.5 Å². The summed E-state index contributed by atoms with van der Waals surface area (Å²) in [6.07, 6.45) is 8.19. The van der Waals surface area contributed by atoms with Crippen molar-refractivity contribution in [3.8, 4) is 0 Å². The number of allylic oxidation sites excluding steroid dienone is 4. The van der Waals surface area contributed by atoms with Crippen molar-refractivity contribution in [3.05, 3.63) is 58.9 Å². The van der Waals surface area contributed by atoms with E-state index in [4.69, 9.17) is 10.5 Å². The van der Waals surface area contributed by atoms with Crippen LogP contribution in [0.25, 0.3) is 0 Å². The highest BCUT2D eigenvalue weighted by Crippen LogP contribution is 2.36. The highest BCUT2D eigenvalue weighted by molar-refractivity contribution is 5.82. The van der Waals surface area contributed by atoms with Crippen LogP contribution < -0.4 is 5.73 Å². The van der Waals surface area contributed by atoms with E-state index in [2.05, 4.69) is 0 Å². The molecule has 1 aromatic rings. The summed E-state index contributed by atoms with van der Waals surface area (Å²) in [5, 5.41) is 0. The van der Waals surface area contributed by atoms with Crippen molar-refractivity contribution in [1.82, 2.24) is 0 Å². The molecule has 0 radical (unpaired) electrons. The van der Waals surface area contributed by atoms with Crippen LogP contribution in [-0.4, -0.2) is 11.9 Å². The number of nitrogens with two attached hydrogens (primary N) is 1. The highest BCUT2D eigenvalue weighted by atomic mass is 16.5. The molecule has 0 aromatic heterocycles. The second kappa shape index (κ2) is 6.04. The average Bonchev–Trinajstić information content (AvgIpc) is 2.55. The van der Waals surface area contributed by atoms with Gasteiger partial charge >= 0.3 is 5.97 Å². The van der Waals surface area contributed by atoms with E-state index in [1.165, 1.54) is 0 Å². The number of nitrogen functional groups attached to an aromatic ring is 1. The first-order chi connectivity index (χ1) is 10.7. The molecule has 2 aliphatic carbocycles. The Morgan fingerprint density at radius 1 is 1.36 bits per heavy atom. The summed E-state index contributed by atoms with van der Waals surface area (Å²) < 4.78 is 5.46. The molecule has 0 amide bonds. The van der Waals surface area contributed by atoms with E-state index in [0.717, 1.165) is 36.1 Å². The molecular weight excluding hydrogens is 278 g/mol. The molecule has 0 saturated heterocycles. The Labute approximate surface area is 129 Å². The third kappa shape index (κ3) is 2.61. The molecule has 0 heterocycles. The van der Waals surface area contributed by atoms with Crippen LogP contribution in [0, 0.1) is 0 Å². The molecule has 0 aliphatic heterocycles. The molecule has 4 heteroatoms. The van der Waals surface area contributed by atoms with Gasteiger partial charge in [0.05, 0.1) is 11.5 Å². The van der Waals surface area contributed by atoms with Crippen molar-refractivity contribution in [1.29, 1.82) is 0 Å². The molecule has 0 fully saturated rings. The number of carbonyl (C=O) groups is 1. The third-order valence-electron chi connectivity index (χ3n) is 4.16. The Bertz CT molecular complexity index is 724. The minimum Gasteiger partial charge on any atom is -0.425 e. The van der Waals surface area contributed by atoms with E-state index in [-0.39, 0.29) is 11.9 Å². The van der Waals surface area contributed by atoms with Crippen LogP contribution in [0.15, 0.2) is 47.8 Å². The molecule has 1 aromatic carbocycles. The van der Waals surface area contributed by atoms with Crippen LogP contribution in [0.2, 0.25) is 0 Å². The number of hydrogen-bond acceptors (Lipinski definition) is 4. The van der Waals surface area contributed by atoms with Crippen molar-refractivity contribution in [2.75, 3.05) is 5.73 Å². The molecule has 112 valence electrons. The molecule has 0 bridgehead atoms. The van der Waals surface area contributed by atoms with Gasteiger partial charge in [0.1, 0.15) is 11.7 Å². The number of carbonyl (C=O) groups excluding carboxylic acids is 2. The zero-order valence-corrected chi connectivity index (χ0v) is 12.2. The zero-order chi connectivity index (χ0) is 15.5. The van der Waals surface area contributed by atoms with E-state index in [9.17, 15) is 9.59 Å². The van der Waals surface area contributed by atoms with Gasteiger partial charge in [-0.3, -0.25) is 4.79 Å². The van der Waals surface area contributed by atoms with Crippen LogP contribution in [0.5, 0.6) is 0 Å². The monoisotopic (exact) mass is 295 g/mol. The van der Waals surface area contributed by atoms with Crippen molar-refractivity contribution >= 4 is 17.6 Å². The van der Waals surface area contributed by atoms with Gasteiger partial charge in [-0.2, -0.15) is 0 Å². The number of benzene rings is 1. The van der Waals surface area contributed by atoms with Gasteiger partial charge in [-0.05, 0) is 42.5 Å². The minimum atomic E-state index is -0.333. The molecular formula is C18H17NO3. The second-order valence-corrected chi connectivity index (χ2v) is 5.52. The lowest BCUT2D eigenvalue weighted by Crippen LogP contribution is -2.22. The molecule has 2 aliphatic rings. The second-order valence-electron chi connectivity index (χ2n) is 5.52. The maximum Gasteiger partial charge on any atom is 0.318 e. The maximum absolute atomic E-state index is 12.5. The van der Waals surface area contributed by atoms with E-state index in [1.807, 2.05) is 30.2 Å². The number of fused-ring (bicyclic) bond motifs is 1. The van der Waals surface area contributed by atoms with E-state index in [0.29, 0.717) is 17.8 Å². The summed E-state index contributed by atoms with van der Waals surface area (Å²) in [4.78, 5) is 23.5. The molecule has 1 atom stereocenters. The van der Waals surface area contributed by atoms with Crippen molar-refractivity contribution in [3.63, 3.8) is 0 Å². The van der Waals surface area contributed by atoms with E-state index in [1.54, 1.807) is 12.2 Å². The Kier molecular flexibility index (Phi) is 3.94. The number of hydrogen-bond donors (Lipinski definition) is 1. The lowest BCUT2D eigenvalue weighted by Gasteiger charge is -2.25. The Morgan fingerprint density at radius 3 is 3.05 bits per heavy atom. The lowest BCUT2D eigenvalue weighted by atomic mass is 9.82. The predicted octanol–water partition coefficient (Wildman–Crippen LogP) is 2.83. The molecule has 3 rings (SSSR count). The molecule has 0 spiro atoms. The van der Waals surface area contributed by atoms with Gasteiger partial charge in [0, 0.05) is 12.1 Å². The lowest BCUT2D eigenvalue weighted by molar-refractivity contribution is -0.141. The predicted molar refractivity (Wildman–Crippen MR) is 83.7 cm³/mol. The van der Waals surface area contributed by atoms with Crippen LogP contribution >= 0.6 is 0 Å². The minimum absolute atomic E-state index is 0.304. The van der Waals surface area contributed by atoms with Gasteiger partial charge in [-0.1, -0.05) is 24.3 Å². The van der Waals surface area contributed by atoms with Crippen molar-refractivity contribution in [2.45, 2.75) is 31.6 Å². The van der Waals surface area contributed by atoms with Crippen LogP contribution in [0.4, 0.5) is 5.69 Å². The van der Waals surface area contributed by atoms with Crippen LogP contribution in [-0.2, 0) is 20.7 Å². The van der Waals surface area contributed by atoms with Gasteiger partial charge in [0.25, 0.3) is 0 Å². The Hall–Kier alpha value is -2.58. The average molecular weight is 295 g/mol. The fraction of sp³-hybridized carbons (Fsp3) is 0.278. The molecule has 2 N–H and O–H groups in total. The van der Waals surface area contributed by atoms with Crippen LogP contribution in [0.3, 0.4) is 0 Å². The SMILES string of the molecule is Nc1cccc2c1CCCC2C(=O)OC1=CC=CCC1=C=O. The highest BCUT2D eigenvalue weighted by Gasteiger charge is 2.30. The number of esters is 1. The fourth-order valence-electron chi connectivity index (χ4n) is 3.03. The van der Waals surface area contributed by atoms with Crippen molar-refractivity contribution < 1.29 is 14.3 Å². The topological polar surface area (TPSA) is 69.4 Å². The maximum atomic E-state index is 12.5. The summed E-state index contributed by atoms with van der Waals surface area (Å²) in [6.45, 7) is 0. The normalized spacial score (nSPS) is 19.9. The number of rotatable bonds is 2. The first-order valence-corrected chi connectivity index (χ1v) is 7.41. The first-order valence-electron chi connectivity index (χ1n) is 7.41. The first kappa shape index (κ1) is 14.4. The standard InChI is InChI=1S/C18H17NO3/c19-16-9-4-6-13-14(16)7-3-8-15(13)18(21)22-17-10-2-1-5-12(17)11-20/h1-2,4,6,9-10,15H,3,5,7-8,19H2. The number of anilines is 1. The van der Waals surface area contributed by atoms with Crippen molar-refractivity contribution in [2.24, 2.45) is 0 Å². The molecule has 1 unspecified atom stereocenters. The van der Waals surface area contributed by atoms with Gasteiger partial charge in [0.15, 0.2) is 0 Å². The summed E-state index contributed by atoms with van der Waals surface area (Å²) in [7, 11) is 0. The van der Waals surface area contributed by atoms with E-state index < -0.39 is 0 Å². The number of ether oxygens (including phenoxy) is 1. The molecule has 4 nitrogen and oxygen atoms in total. The summed E-state index contributed by atoms with van der Waals surface area (Å²) >= 11 is 0. The quantitative estimate of drug-likeness (QED) is 0.517. The van der Waals surface area contributed by atoms with Gasteiger partial charge in [0.2, 0.25) is 0 Å². The summed E-state index contributed by atoms with van der Waals surface area (Å²) in [6, 6.07) is 5.65. The zero-order valence-electron chi connectivity index (χ0n) is 12.2. The molecule has 22 heavy (non-hydrogen) atoms. The van der Waals surface area contributed by atoms with E-state index >= 15 is 0 Å². The summed E-state index contributed by atoms with van der Waals surface area (Å²) in [5.41, 5.74) is 9.09. The third-order valence-corrected chi connectivity index (χ3v) is 4.16. The smallest absolute Gasteiger partial charge is 0.318 e. The Morgan fingerprint density at radius 2 is 2.23 bits per heavy atom. The summed E-state index contributed by atoms with van der Waals surface area (Å²) in [5.74, 6) is 1.49. The largest absolute Gasteiger partial charge is 0.425 e. The fourth-order valence-corrected chi connectivity index (χ4v) is 3.03. The van der Waals surface area contributed by atoms with Crippen LogP contribution in [0.1, 0.15) is 36.3 Å².